The summed E-state index contributed by atoms with van der Waals surface area (Å²) < 4.78 is 40.4. The van der Waals surface area contributed by atoms with Gasteiger partial charge in [-0.15, -0.1) is 10.2 Å². The first-order valence-electron chi connectivity index (χ1n) is 8.94. The molecule has 3 rings (SSSR count). The van der Waals surface area contributed by atoms with Crippen molar-refractivity contribution in [3.63, 3.8) is 0 Å². The second-order valence-electron chi connectivity index (χ2n) is 6.76. The molecule has 1 saturated carbocycles. The Labute approximate surface area is 170 Å². The van der Waals surface area contributed by atoms with Crippen LogP contribution in [-0.2, 0) is 18.0 Å². The lowest BCUT2D eigenvalue weighted by molar-refractivity contribution is -0.137. The fourth-order valence-corrected chi connectivity index (χ4v) is 4.16. The highest BCUT2D eigenvalue weighted by Gasteiger charge is 2.31. The molecule has 28 heavy (non-hydrogen) atoms. The van der Waals surface area contributed by atoms with Gasteiger partial charge in [-0.05, 0) is 31.0 Å². The number of benzene rings is 1. The average Bonchev–Trinajstić information content (AvgIpc) is 3.02. The quantitative estimate of drug-likeness (QED) is 0.654. The van der Waals surface area contributed by atoms with Crippen molar-refractivity contribution in [3.05, 3.63) is 34.6 Å². The molecular formula is C18H20ClF3N4OS. The smallest absolute Gasteiger partial charge is 0.324 e. The Morgan fingerprint density at radius 1 is 1.29 bits per heavy atom. The van der Waals surface area contributed by atoms with E-state index in [9.17, 15) is 18.0 Å². The standard InChI is InChI=1S/C18H20ClF3N4OS/c1-26-16(11-5-3-2-4-6-11)24-25-17(26)28-10-15(27)23-14-9-12(18(20,21)22)7-8-13(14)19/h7-9,11H,2-6,10H2,1H3,(H,23,27). The van der Waals surface area contributed by atoms with Gasteiger partial charge in [0.1, 0.15) is 5.82 Å². The number of rotatable bonds is 5. The lowest BCUT2D eigenvalue weighted by Gasteiger charge is -2.20. The van der Waals surface area contributed by atoms with Crippen LogP contribution < -0.4 is 5.32 Å². The number of nitrogens with zero attached hydrogens (tertiary/aromatic N) is 3. The summed E-state index contributed by atoms with van der Waals surface area (Å²) in [6.07, 6.45) is 1.28. The van der Waals surface area contributed by atoms with Gasteiger partial charge in [0.2, 0.25) is 5.91 Å². The molecule has 1 aliphatic carbocycles. The number of carbonyl (C=O) groups is 1. The highest BCUT2D eigenvalue weighted by Crippen LogP contribution is 2.34. The Hall–Kier alpha value is -1.74. The van der Waals surface area contributed by atoms with Crippen LogP contribution in [0.5, 0.6) is 0 Å². The maximum atomic E-state index is 12.8. The van der Waals surface area contributed by atoms with Crippen LogP contribution in [0.15, 0.2) is 23.4 Å². The van der Waals surface area contributed by atoms with E-state index in [1.807, 2.05) is 11.6 Å². The third kappa shape index (κ3) is 5.00. The van der Waals surface area contributed by atoms with Crippen LogP contribution in [0.2, 0.25) is 5.02 Å². The van der Waals surface area contributed by atoms with Gasteiger partial charge in [0.15, 0.2) is 5.16 Å². The summed E-state index contributed by atoms with van der Waals surface area (Å²) >= 11 is 7.09. The Morgan fingerprint density at radius 3 is 2.68 bits per heavy atom. The van der Waals surface area contributed by atoms with Gasteiger partial charge in [0.25, 0.3) is 0 Å². The molecule has 1 aromatic carbocycles. The molecule has 0 spiro atoms. The number of amides is 1. The topological polar surface area (TPSA) is 59.8 Å². The van der Waals surface area contributed by atoms with Crippen molar-refractivity contribution < 1.29 is 18.0 Å². The monoisotopic (exact) mass is 432 g/mol. The minimum Gasteiger partial charge on any atom is -0.324 e. The largest absolute Gasteiger partial charge is 0.416 e. The molecule has 0 bridgehead atoms. The van der Waals surface area contributed by atoms with Crippen LogP contribution in [0, 0.1) is 0 Å². The first-order valence-corrected chi connectivity index (χ1v) is 10.3. The minimum absolute atomic E-state index is 0.0107. The SMILES string of the molecule is Cn1c(SCC(=O)Nc2cc(C(F)(F)F)ccc2Cl)nnc1C1CCCCC1. The molecule has 0 atom stereocenters. The lowest BCUT2D eigenvalue weighted by atomic mass is 9.89. The average molecular weight is 433 g/mol. The van der Waals surface area contributed by atoms with E-state index in [1.54, 1.807) is 0 Å². The van der Waals surface area contributed by atoms with Crippen LogP contribution in [-0.4, -0.2) is 26.4 Å². The highest BCUT2D eigenvalue weighted by atomic mass is 35.5. The van der Waals surface area contributed by atoms with E-state index in [1.165, 1.54) is 31.0 Å². The van der Waals surface area contributed by atoms with Gasteiger partial charge in [-0.1, -0.05) is 42.6 Å². The Morgan fingerprint density at radius 2 is 2.00 bits per heavy atom. The van der Waals surface area contributed by atoms with Crippen LogP contribution in [0.25, 0.3) is 0 Å². The Kier molecular flexibility index (Phi) is 6.54. The van der Waals surface area contributed by atoms with Crippen molar-refractivity contribution in [3.8, 4) is 0 Å². The number of aromatic nitrogens is 3. The molecule has 0 aliphatic heterocycles. The van der Waals surface area contributed by atoms with Crippen molar-refractivity contribution in [1.82, 2.24) is 14.8 Å². The molecule has 1 aromatic heterocycles. The maximum absolute atomic E-state index is 12.8. The fraction of sp³-hybridized carbons (Fsp3) is 0.500. The zero-order valence-corrected chi connectivity index (χ0v) is 16.8. The number of carbonyl (C=O) groups excluding carboxylic acids is 1. The van der Waals surface area contributed by atoms with E-state index < -0.39 is 17.6 Å². The van der Waals surface area contributed by atoms with Gasteiger partial charge in [-0.2, -0.15) is 13.2 Å². The number of hydrogen-bond acceptors (Lipinski definition) is 4. The number of thioether (sulfide) groups is 1. The molecule has 0 unspecified atom stereocenters. The lowest BCUT2D eigenvalue weighted by Crippen LogP contribution is -2.16. The Bertz CT molecular complexity index is 850. The molecule has 1 aliphatic rings. The van der Waals surface area contributed by atoms with Crippen LogP contribution >= 0.6 is 23.4 Å². The Balaban J connectivity index is 1.61. The van der Waals surface area contributed by atoms with Crippen molar-refractivity contribution in [2.75, 3.05) is 11.1 Å². The maximum Gasteiger partial charge on any atom is 0.416 e. The zero-order valence-electron chi connectivity index (χ0n) is 15.2. The fourth-order valence-electron chi connectivity index (χ4n) is 3.28. The second-order valence-corrected chi connectivity index (χ2v) is 8.11. The molecule has 0 radical (unpaired) electrons. The predicted molar refractivity (Wildman–Crippen MR) is 103 cm³/mol. The van der Waals surface area contributed by atoms with Gasteiger partial charge < -0.3 is 9.88 Å². The highest BCUT2D eigenvalue weighted by molar-refractivity contribution is 7.99. The molecule has 5 nitrogen and oxygen atoms in total. The van der Waals surface area contributed by atoms with E-state index in [2.05, 4.69) is 15.5 Å². The summed E-state index contributed by atoms with van der Waals surface area (Å²) in [6.45, 7) is 0. The molecule has 0 saturated heterocycles. The molecular weight excluding hydrogens is 413 g/mol. The van der Waals surface area contributed by atoms with E-state index in [0.717, 1.165) is 36.9 Å². The van der Waals surface area contributed by atoms with Crippen LogP contribution in [0.1, 0.15) is 49.4 Å². The second kappa shape index (κ2) is 8.73. The van der Waals surface area contributed by atoms with E-state index >= 15 is 0 Å². The van der Waals surface area contributed by atoms with E-state index in [4.69, 9.17) is 11.6 Å². The number of halogens is 4. The molecule has 1 fully saturated rings. The van der Waals surface area contributed by atoms with Crippen molar-refractivity contribution in [1.29, 1.82) is 0 Å². The first-order chi connectivity index (χ1) is 13.3. The van der Waals surface area contributed by atoms with Gasteiger partial charge in [0, 0.05) is 13.0 Å². The predicted octanol–water partition coefficient (Wildman–Crippen LogP) is 5.27. The number of nitrogens with one attached hydrogen (secondary N) is 1. The number of alkyl halides is 3. The normalized spacial score (nSPS) is 15.6. The van der Waals surface area contributed by atoms with Gasteiger partial charge in [-0.25, -0.2) is 0 Å². The number of anilines is 1. The summed E-state index contributed by atoms with van der Waals surface area (Å²) in [5, 5.41) is 11.5. The van der Waals surface area contributed by atoms with E-state index in [-0.39, 0.29) is 16.5 Å². The van der Waals surface area contributed by atoms with Crippen molar-refractivity contribution >= 4 is 35.0 Å². The molecule has 152 valence electrons. The van der Waals surface area contributed by atoms with E-state index in [0.29, 0.717) is 11.1 Å². The molecule has 10 heteroatoms. The zero-order chi connectivity index (χ0) is 20.3. The van der Waals surface area contributed by atoms with Crippen molar-refractivity contribution in [2.45, 2.75) is 49.4 Å². The molecule has 2 aromatic rings. The summed E-state index contributed by atoms with van der Waals surface area (Å²) in [5.41, 5.74) is -0.937. The third-order valence-electron chi connectivity index (χ3n) is 4.74. The minimum atomic E-state index is -4.51. The first kappa shape index (κ1) is 21.0. The van der Waals surface area contributed by atoms with Crippen LogP contribution in [0.3, 0.4) is 0 Å². The van der Waals surface area contributed by atoms with Gasteiger partial charge in [-0.3, -0.25) is 4.79 Å². The molecule has 1 heterocycles. The molecule has 1 N–H and O–H groups in total. The van der Waals surface area contributed by atoms with Crippen LogP contribution in [0.4, 0.5) is 18.9 Å². The van der Waals surface area contributed by atoms with Gasteiger partial charge >= 0.3 is 6.18 Å². The summed E-state index contributed by atoms with van der Waals surface area (Å²) in [5.74, 6) is 0.832. The molecule has 1 amide bonds. The summed E-state index contributed by atoms with van der Waals surface area (Å²) in [6, 6.07) is 2.82. The number of hydrogen-bond donors (Lipinski definition) is 1. The third-order valence-corrected chi connectivity index (χ3v) is 6.09. The van der Waals surface area contributed by atoms with Crippen molar-refractivity contribution in [2.24, 2.45) is 7.05 Å². The summed E-state index contributed by atoms with van der Waals surface area (Å²) in [4.78, 5) is 12.2. The van der Waals surface area contributed by atoms with Gasteiger partial charge in [0.05, 0.1) is 22.0 Å². The summed E-state index contributed by atoms with van der Waals surface area (Å²) in [7, 11) is 1.87.